The van der Waals surface area contributed by atoms with Crippen molar-refractivity contribution in [3.05, 3.63) is 0 Å². The van der Waals surface area contributed by atoms with Gasteiger partial charge in [-0.05, 0) is 26.2 Å². The third-order valence-corrected chi connectivity index (χ3v) is 3.38. The number of rotatable bonds is 4. The molecule has 4 N–H and O–H groups in total. The summed E-state index contributed by atoms with van der Waals surface area (Å²) >= 11 is 0. The van der Waals surface area contributed by atoms with E-state index in [0.29, 0.717) is 6.42 Å². The molecule has 0 aliphatic carbocycles. The van der Waals surface area contributed by atoms with Gasteiger partial charge in [-0.2, -0.15) is 0 Å². The first kappa shape index (κ1) is 14.9. The van der Waals surface area contributed by atoms with E-state index in [2.05, 4.69) is 5.32 Å². The van der Waals surface area contributed by atoms with E-state index >= 15 is 0 Å². The van der Waals surface area contributed by atoms with Crippen LogP contribution in [0, 0.1) is 5.92 Å². The molecule has 2 rings (SSSR count). The predicted molar refractivity (Wildman–Crippen MR) is 67.6 cm³/mol. The van der Waals surface area contributed by atoms with Crippen molar-refractivity contribution in [1.29, 1.82) is 0 Å². The smallest absolute Gasteiger partial charge is 0.223 e. The Hall–Kier alpha value is -1.14. The molecule has 2 aliphatic heterocycles. The molecule has 2 amide bonds. The lowest BCUT2D eigenvalue weighted by Gasteiger charge is -2.25. The molecule has 0 spiro atoms. The van der Waals surface area contributed by atoms with Crippen LogP contribution in [0.4, 0.5) is 0 Å². The number of hydrogen-bond acceptors (Lipinski definition) is 4. The summed E-state index contributed by atoms with van der Waals surface area (Å²) in [5.74, 6) is 0.0840. The number of hydrogen-bond donors (Lipinski definition) is 3. The fourth-order valence-corrected chi connectivity index (χ4v) is 1.84. The van der Waals surface area contributed by atoms with Crippen LogP contribution in [0.5, 0.6) is 0 Å². The molecule has 0 saturated carbocycles. The van der Waals surface area contributed by atoms with Crippen molar-refractivity contribution in [2.75, 3.05) is 19.6 Å². The zero-order valence-corrected chi connectivity index (χ0v) is 10.8. The molecule has 6 heteroatoms. The van der Waals surface area contributed by atoms with Gasteiger partial charge in [-0.25, -0.2) is 0 Å². The maximum Gasteiger partial charge on any atom is 0.223 e. The van der Waals surface area contributed by atoms with Gasteiger partial charge in [0.1, 0.15) is 0 Å². The van der Waals surface area contributed by atoms with E-state index < -0.39 is 6.10 Å². The Kier molecular flexibility index (Phi) is 6.07. The number of carbonyl (C=O) groups excluding carboxylic acids is 2. The van der Waals surface area contributed by atoms with Crippen molar-refractivity contribution >= 4 is 12.3 Å². The van der Waals surface area contributed by atoms with Crippen molar-refractivity contribution in [2.45, 2.75) is 38.3 Å². The van der Waals surface area contributed by atoms with Crippen LogP contribution in [0.3, 0.4) is 0 Å². The van der Waals surface area contributed by atoms with Gasteiger partial charge in [-0.3, -0.25) is 9.59 Å². The third kappa shape index (κ3) is 4.62. The van der Waals surface area contributed by atoms with Gasteiger partial charge in [0.05, 0.1) is 6.10 Å². The first-order valence-corrected chi connectivity index (χ1v) is 6.45. The Balaban J connectivity index is 0.000000225. The van der Waals surface area contributed by atoms with Gasteiger partial charge in [0, 0.05) is 31.6 Å². The molecule has 3 unspecified atom stereocenters. The molecule has 0 aromatic rings. The normalized spacial score (nSPS) is 25.4. The van der Waals surface area contributed by atoms with Crippen LogP contribution < -0.4 is 11.1 Å². The Labute approximate surface area is 108 Å². The third-order valence-electron chi connectivity index (χ3n) is 3.38. The maximum absolute atomic E-state index is 11.1. The summed E-state index contributed by atoms with van der Waals surface area (Å²) in [5, 5.41) is 11.8. The lowest BCUT2D eigenvalue weighted by molar-refractivity contribution is -0.123. The highest BCUT2D eigenvalue weighted by atomic mass is 16.3. The number of nitrogens with one attached hydrogen (secondary N) is 1. The van der Waals surface area contributed by atoms with Crippen LogP contribution in [0.15, 0.2) is 0 Å². The monoisotopic (exact) mass is 257 g/mol. The van der Waals surface area contributed by atoms with E-state index in [0.717, 1.165) is 32.5 Å². The number of aliphatic hydroxyl groups excluding tert-OH is 1. The van der Waals surface area contributed by atoms with Gasteiger partial charge in [0.25, 0.3) is 0 Å². The number of nitrogens with two attached hydrogens (primary N) is 1. The fourth-order valence-electron chi connectivity index (χ4n) is 1.84. The molecular weight excluding hydrogens is 234 g/mol. The lowest BCUT2D eigenvalue weighted by Crippen LogP contribution is -2.36. The van der Waals surface area contributed by atoms with Crippen molar-refractivity contribution in [3.63, 3.8) is 0 Å². The summed E-state index contributed by atoms with van der Waals surface area (Å²) in [4.78, 5) is 22.5. The average molecular weight is 257 g/mol. The quantitative estimate of drug-likeness (QED) is 0.567. The molecule has 0 aromatic carbocycles. The number of aliphatic hydroxyl groups is 1. The fraction of sp³-hybridized carbons (Fsp3) is 0.833. The maximum atomic E-state index is 11.1. The number of likely N-dealkylation sites (tertiary alicyclic amines) is 1. The minimum atomic E-state index is -0.529. The minimum absolute atomic E-state index is 0.00889. The van der Waals surface area contributed by atoms with Gasteiger partial charge >= 0.3 is 0 Å². The molecule has 104 valence electrons. The van der Waals surface area contributed by atoms with Gasteiger partial charge in [-0.1, -0.05) is 0 Å². The van der Waals surface area contributed by atoms with Gasteiger partial charge in [0.2, 0.25) is 12.3 Å². The van der Waals surface area contributed by atoms with E-state index in [4.69, 9.17) is 10.8 Å². The number of carbonyl (C=O) groups is 2. The van der Waals surface area contributed by atoms with Gasteiger partial charge < -0.3 is 21.1 Å². The van der Waals surface area contributed by atoms with Crippen molar-refractivity contribution in [3.8, 4) is 0 Å². The second kappa shape index (κ2) is 7.33. The Morgan fingerprint density at radius 2 is 2.28 bits per heavy atom. The highest BCUT2D eigenvalue weighted by Crippen LogP contribution is 2.16. The second-order valence-electron chi connectivity index (χ2n) is 4.91. The van der Waals surface area contributed by atoms with Crippen molar-refractivity contribution < 1.29 is 14.7 Å². The standard InChI is InChI=1S/C8H16N2O2.C4H7NO/c1-5(11)7(9)4-6-2-3-10-8(6)12;6-4-5-2-1-3-5/h5-7,11H,2-4,9H2,1H3,(H,10,12);4H,1-3H2. The molecule has 0 radical (unpaired) electrons. The first-order chi connectivity index (χ1) is 8.54. The second-order valence-corrected chi connectivity index (χ2v) is 4.91. The zero-order valence-electron chi connectivity index (χ0n) is 10.8. The van der Waals surface area contributed by atoms with E-state index in [9.17, 15) is 9.59 Å². The van der Waals surface area contributed by atoms with E-state index in [-0.39, 0.29) is 17.9 Å². The molecule has 3 atom stereocenters. The van der Waals surface area contributed by atoms with Crippen LogP contribution >= 0.6 is 0 Å². The van der Waals surface area contributed by atoms with Crippen LogP contribution in [0.25, 0.3) is 0 Å². The molecule has 2 heterocycles. The summed E-state index contributed by atoms with van der Waals surface area (Å²) in [5.41, 5.74) is 5.63. The molecular formula is C12H23N3O3. The van der Waals surface area contributed by atoms with Crippen LogP contribution in [-0.2, 0) is 9.59 Å². The van der Waals surface area contributed by atoms with Crippen molar-refractivity contribution in [1.82, 2.24) is 10.2 Å². The largest absolute Gasteiger partial charge is 0.392 e. The lowest BCUT2D eigenvalue weighted by atomic mass is 9.96. The molecule has 2 saturated heterocycles. The van der Waals surface area contributed by atoms with Crippen LogP contribution in [-0.4, -0.2) is 54.1 Å². The Morgan fingerprint density at radius 3 is 2.56 bits per heavy atom. The summed E-state index contributed by atoms with van der Waals surface area (Å²) in [6, 6.07) is -0.279. The summed E-state index contributed by atoms with van der Waals surface area (Å²) in [7, 11) is 0. The minimum Gasteiger partial charge on any atom is -0.392 e. The number of nitrogens with zero attached hydrogens (tertiary/aromatic N) is 1. The van der Waals surface area contributed by atoms with Crippen molar-refractivity contribution in [2.24, 2.45) is 11.7 Å². The van der Waals surface area contributed by atoms with Gasteiger partial charge in [-0.15, -0.1) is 0 Å². The molecule has 18 heavy (non-hydrogen) atoms. The molecule has 2 aliphatic rings. The highest BCUT2D eigenvalue weighted by Gasteiger charge is 2.27. The topological polar surface area (TPSA) is 95.7 Å². The molecule has 0 aromatic heterocycles. The summed E-state index contributed by atoms with van der Waals surface area (Å²) in [6.07, 6.45) is 2.99. The van der Waals surface area contributed by atoms with Gasteiger partial charge in [0.15, 0.2) is 0 Å². The molecule has 6 nitrogen and oxygen atoms in total. The zero-order chi connectivity index (χ0) is 13.5. The Bertz CT molecular complexity index is 280. The van der Waals surface area contributed by atoms with E-state index in [1.54, 1.807) is 11.8 Å². The van der Waals surface area contributed by atoms with E-state index in [1.165, 1.54) is 6.42 Å². The average Bonchev–Trinajstić information content (AvgIpc) is 2.63. The van der Waals surface area contributed by atoms with Crippen LogP contribution in [0.2, 0.25) is 0 Å². The predicted octanol–water partition coefficient (Wildman–Crippen LogP) is -0.931. The molecule has 0 bridgehead atoms. The number of amides is 2. The van der Waals surface area contributed by atoms with Crippen LogP contribution in [0.1, 0.15) is 26.2 Å². The SMILES string of the molecule is CC(O)C(N)CC1CCNC1=O.O=CN1CCC1. The first-order valence-electron chi connectivity index (χ1n) is 6.45. The summed E-state index contributed by atoms with van der Waals surface area (Å²) in [6.45, 7) is 4.35. The summed E-state index contributed by atoms with van der Waals surface area (Å²) < 4.78 is 0. The van der Waals surface area contributed by atoms with E-state index in [1.807, 2.05) is 0 Å². The highest BCUT2D eigenvalue weighted by molar-refractivity contribution is 5.80. The molecule has 2 fully saturated rings. The Morgan fingerprint density at radius 1 is 1.61 bits per heavy atom.